The molecule has 0 saturated heterocycles. The number of hydrogen-bond acceptors (Lipinski definition) is 7. The molecule has 0 spiro atoms. The number of thiophene rings is 1. The Labute approximate surface area is 197 Å². The summed E-state index contributed by atoms with van der Waals surface area (Å²) in [4.78, 5) is 23.5. The summed E-state index contributed by atoms with van der Waals surface area (Å²) in [6.07, 6.45) is 2.96. The molecule has 5 rings (SSSR count). The summed E-state index contributed by atoms with van der Waals surface area (Å²) in [5, 5.41) is 18.2. The van der Waals surface area contributed by atoms with Crippen molar-refractivity contribution in [2.45, 2.75) is 5.03 Å². The molecule has 0 saturated carbocycles. The summed E-state index contributed by atoms with van der Waals surface area (Å²) in [7, 11) is 0. The fourth-order valence-electron chi connectivity index (χ4n) is 3.31. The van der Waals surface area contributed by atoms with Gasteiger partial charge in [-0.3, -0.25) is 4.79 Å². The maximum absolute atomic E-state index is 12.8. The van der Waals surface area contributed by atoms with Gasteiger partial charge < -0.3 is 5.32 Å². The number of rotatable bonds is 6. The van der Waals surface area contributed by atoms with E-state index in [1.54, 1.807) is 16.0 Å². The van der Waals surface area contributed by atoms with E-state index in [4.69, 9.17) is 0 Å². The van der Waals surface area contributed by atoms with E-state index in [1.807, 2.05) is 48.5 Å². The number of carbonyl (C=O) groups is 1. The van der Waals surface area contributed by atoms with Crippen LogP contribution in [-0.2, 0) is 4.79 Å². The lowest BCUT2D eigenvalue weighted by Gasteiger charge is -2.09. The molecule has 7 nitrogen and oxygen atoms in total. The molecule has 0 aliphatic carbocycles. The lowest BCUT2D eigenvalue weighted by Crippen LogP contribution is -2.17. The minimum Gasteiger partial charge on any atom is -0.309 e. The van der Waals surface area contributed by atoms with Crippen molar-refractivity contribution in [2.75, 3.05) is 11.1 Å². The van der Waals surface area contributed by atoms with Gasteiger partial charge in [-0.15, -0.1) is 11.3 Å². The quantitative estimate of drug-likeness (QED) is 0.274. The number of amides is 1. The maximum atomic E-state index is 12.8. The normalized spacial score (nSPS) is 10.8. The van der Waals surface area contributed by atoms with Gasteiger partial charge in [0.1, 0.15) is 27.8 Å². The van der Waals surface area contributed by atoms with Crippen molar-refractivity contribution in [1.82, 2.24) is 19.7 Å². The molecule has 160 valence electrons. The summed E-state index contributed by atoms with van der Waals surface area (Å²) < 4.78 is 1.55. The van der Waals surface area contributed by atoms with Crippen molar-refractivity contribution in [1.29, 1.82) is 5.26 Å². The van der Waals surface area contributed by atoms with Crippen molar-refractivity contribution in [3.63, 3.8) is 0 Å². The standard InChI is InChI=1S/C24H16N6OS2/c25-12-17-13-28-30(18-9-5-2-6-10-18)22(17)29-21(31)14-32-23-19-11-20(16-7-3-1-4-8-16)33-24(19)27-15-26-23/h1-11,13,15H,14H2,(H,29,31). The Bertz CT molecular complexity index is 1470. The lowest BCUT2D eigenvalue weighted by atomic mass is 10.2. The molecule has 0 aliphatic heterocycles. The van der Waals surface area contributed by atoms with Crippen molar-refractivity contribution >= 4 is 45.0 Å². The molecule has 0 atom stereocenters. The van der Waals surface area contributed by atoms with E-state index < -0.39 is 0 Å². The van der Waals surface area contributed by atoms with Crippen LogP contribution in [0.5, 0.6) is 0 Å². The van der Waals surface area contributed by atoms with E-state index >= 15 is 0 Å². The summed E-state index contributed by atoms with van der Waals surface area (Å²) in [6, 6.07) is 23.6. The van der Waals surface area contributed by atoms with Crippen LogP contribution in [0.2, 0.25) is 0 Å². The van der Waals surface area contributed by atoms with Gasteiger partial charge in [-0.2, -0.15) is 10.4 Å². The molecule has 0 bridgehead atoms. The topological polar surface area (TPSA) is 96.5 Å². The van der Waals surface area contributed by atoms with Gasteiger partial charge in [0.2, 0.25) is 5.91 Å². The van der Waals surface area contributed by atoms with Crippen LogP contribution in [0.4, 0.5) is 5.82 Å². The van der Waals surface area contributed by atoms with Gasteiger partial charge in [0, 0.05) is 10.3 Å². The summed E-state index contributed by atoms with van der Waals surface area (Å²) in [5.41, 5.74) is 2.17. The highest BCUT2D eigenvalue weighted by Crippen LogP contribution is 2.36. The number of nitriles is 1. The van der Waals surface area contributed by atoms with Crippen LogP contribution >= 0.6 is 23.1 Å². The van der Waals surface area contributed by atoms with Crippen LogP contribution in [0.15, 0.2) is 84.3 Å². The van der Waals surface area contributed by atoms with Gasteiger partial charge in [-0.1, -0.05) is 60.3 Å². The van der Waals surface area contributed by atoms with E-state index in [9.17, 15) is 10.1 Å². The first-order chi connectivity index (χ1) is 16.2. The largest absolute Gasteiger partial charge is 0.309 e. The number of aromatic nitrogens is 4. The average Bonchev–Trinajstić information content (AvgIpc) is 3.48. The smallest absolute Gasteiger partial charge is 0.235 e. The van der Waals surface area contributed by atoms with Gasteiger partial charge in [-0.05, 0) is 23.8 Å². The molecule has 0 fully saturated rings. The first-order valence-corrected chi connectivity index (χ1v) is 11.8. The Morgan fingerprint density at radius 1 is 1.09 bits per heavy atom. The third kappa shape index (κ3) is 4.35. The molecule has 2 aromatic carbocycles. The zero-order chi connectivity index (χ0) is 22.6. The molecule has 1 N–H and O–H groups in total. The Morgan fingerprint density at radius 2 is 1.85 bits per heavy atom. The van der Waals surface area contributed by atoms with Crippen LogP contribution in [-0.4, -0.2) is 31.4 Å². The number of nitrogens with zero attached hydrogens (tertiary/aromatic N) is 5. The number of thioether (sulfide) groups is 1. The molecule has 1 amide bonds. The molecule has 9 heteroatoms. The predicted octanol–water partition coefficient (Wildman–Crippen LogP) is 5.15. The number of para-hydroxylation sites is 1. The van der Waals surface area contributed by atoms with Crippen LogP contribution < -0.4 is 5.32 Å². The van der Waals surface area contributed by atoms with Crippen molar-refractivity contribution in [2.24, 2.45) is 0 Å². The maximum Gasteiger partial charge on any atom is 0.235 e. The number of anilines is 1. The summed E-state index contributed by atoms with van der Waals surface area (Å²) in [5.74, 6) is 0.233. The molecule has 0 radical (unpaired) electrons. The van der Waals surface area contributed by atoms with E-state index in [-0.39, 0.29) is 11.7 Å². The Morgan fingerprint density at radius 3 is 2.61 bits per heavy atom. The number of nitrogens with one attached hydrogen (secondary N) is 1. The summed E-state index contributed by atoms with van der Waals surface area (Å²) in [6.45, 7) is 0. The van der Waals surface area contributed by atoms with Gasteiger partial charge >= 0.3 is 0 Å². The highest BCUT2D eigenvalue weighted by molar-refractivity contribution is 8.00. The van der Waals surface area contributed by atoms with E-state index in [0.717, 1.165) is 31.4 Å². The zero-order valence-corrected chi connectivity index (χ0v) is 18.8. The first kappa shape index (κ1) is 20.9. The van der Waals surface area contributed by atoms with Crippen LogP contribution in [0.25, 0.3) is 26.3 Å². The van der Waals surface area contributed by atoms with Gasteiger partial charge in [0.15, 0.2) is 5.82 Å². The Hall–Kier alpha value is -4.00. The van der Waals surface area contributed by atoms with E-state index in [2.05, 4.69) is 44.7 Å². The lowest BCUT2D eigenvalue weighted by molar-refractivity contribution is -0.113. The second kappa shape index (κ2) is 9.24. The van der Waals surface area contributed by atoms with E-state index in [1.165, 1.54) is 24.3 Å². The van der Waals surface area contributed by atoms with Crippen LogP contribution in [0, 0.1) is 11.3 Å². The molecule has 0 aliphatic rings. The number of hydrogen-bond donors (Lipinski definition) is 1. The highest BCUT2D eigenvalue weighted by Gasteiger charge is 2.17. The van der Waals surface area contributed by atoms with Crippen molar-refractivity contribution in [3.05, 3.63) is 84.8 Å². The fraction of sp³-hybridized carbons (Fsp3) is 0.0417. The minimum atomic E-state index is -0.251. The molecule has 3 heterocycles. The second-order valence-electron chi connectivity index (χ2n) is 6.98. The van der Waals surface area contributed by atoms with Crippen LogP contribution in [0.3, 0.4) is 0 Å². The third-order valence-electron chi connectivity index (χ3n) is 4.84. The monoisotopic (exact) mass is 468 g/mol. The SMILES string of the molecule is N#Cc1cnn(-c2ccccc2)c1NC(=O)CSc1ncnc2sc(-c3ccccc3)cc12. The van der Waals surface area contributed by atoms with Crippen molar-refractivity contribution < 1.29 is 4.79 Å². The zero-order valence-electron chi connectivity index (χ0n) is 17.2. The predicted molar refractivity (Wildman–Crippen MR) is 130 cm³/mol. The Balaban J connectivity index is 1.35. The van der Waals surface area contributed by atoms with Gasteiger partial charge in [-0.25, -0.2) is 14.6 Å². The Kier molecular flexibility index (Phi) is 5.85. The number of benzene rings is 2. The highest BCUT2D eigenvalue weighted by atomic mass is 32.2. The first-order valence-electron chi connectivity index (χ1n) is 9.99. The number of carbonyl (C=O) groups excluding carboxylic acids is 1. The average molecular weight is 469 g/mol. The molecule has 3 aromatic heterocycles. The van der Waals surface area contributed by atoms with E-state index in [0.29, 0.717) is 11.4 Å². The van der Waals surface area contributed by atoms with Crippen molar-refractivity contribution in [3.8, 4) is 22.2 Å². The van der Waals surface area contributed by atoms with Gasteiger partial charge in [0.05, 0.1) is 17.6 Å². The number of fused-ring (bicyclic) bond motifs is 1. The van der Waals surface area contributed by atoms with Crippen LogP contribution in [0.1, 0.15) is 5.56 Å². The third-order valence-corrected chi connectivity index (χ3v) is 6.94. The molecular formula is C24H16N6OS2. The molecule has 5 aromatic rings. The minimum absolute atomic E-state index is 0.132. The molecular weight excluding hydrogens is 452 g/mol. The second-order valence-corrected chi connectivity index (χ2v) is 8.97. The van der Waals surface area contributed by atoms with Gasteiger partial charge in [0.25, 0.3) is 0 Å². The summed E-state index contributed by atoms with van der Waals surface area (Å²) >= 11 is 2.93. The molecule has 33 heavy (non-hydrogen) atoms. The fourth-order valence-corrected chi connectivity index (χ4v) is 5.15. The molecule has 0 unspecified atom stereocenters.